The molecule has 0 spiro atoms. The van der Waals surface area contributed by atoms with Crippen molar-refractivity contribution in [2.45, 2.75) is 96.8 Å². The summed E-state index contributed by atoms with van der Waals surface area (Å²) in [5, 5.41) is 0. The van der Waals surface area contributed by atoms with E-state index in [4.69, 9.17) is 9.29 Å². The first-order chi connectivity index (χ1) is 12.0. The Morgan fingerprint density at radius 3 is 1.56 bits per heavy atom. The minimum absolute atomic E-state index is 0.256. The zero-order chi connectivity index (χ0) is 18.8. The molecule has 0 atom stereocenters. The molecular formula is C18H36O6S. The van der Waals surface area contributed by atoms with Gasteiger partial charge in [-0.3, -0.25) is 4.55 Å². The number of ether oxygens (including phenoxy) is 1. The summed E-state index contributed by atoms with van der Waals surface area (Å²) in [5.41, 5.74) is 0. The maximum atomic E-state index is 11.1. The number of hydrogen-bond donors (Lipinski definition) is 1. The zero-order valence-corrected chi connectivity index (χ0v) is 16.5. The van der Waals surface area contributed by atoms with E-state index < -0.39 is 23.0 Å². The van der Waals surface area contributed by atoms with Crippen molar-refractivity contribution in [3.8, 4) is 0 Å². The topological polar surface area (TPSA) is 89.9 Å². The van der Waals surface area contributed by atoms with Crippen molar-refractivity contribution in [2.24, 2.45) is 0 Å². The van der Waals surface area contributed by atoms with Gasteiger partial charge in [0.2, 0.25) is 0 Å². The summed E-state index contributed by atoms with van der Waals surface area (Å²) in [6.45, 7) is 1.72. The predicted octanol–water partition coefficient (Wildman–Crippen LogP) is 4.83. The van der Waals surface area contributed by atoms with Crippen LogP contribution in [0.25, 0.3) is 0 Å². The number of hydrogen-bond acceptors (Lipinski definition) is 5. The van der Waals surface area contributed by atoms with E-state index in [0.29, 0.717) is 0 Å². The molecule has 7 heteroatoms. The van der Waals surface area contributed by atoms with Crippen molar-refractivity contribution >= 4 is 16.4 Å². The normalized spacial score (nSPS) is 11.6. The fraction of sp³-hybridized carbons (Fsp3) is 0.944. The van der Waals surface area contributed by atoms with E-state index in [1.54, 1.807) is 0 Å². The third kappa shape index (κ3) is 21.3. The van der Waals surface area contributed by atoms with Gasteiger partial charge >= 0.3 is 16.4 Å². The van der Waals surface area contributed by atoms with Gasteiger partial charge in [-0.25, -0.2) is 8.98 Å². The van der Waals surface area contributed by atoms with E-state index in [0.717, 1.165) is 19.3 Å². The highest BCUT2D eigenvalue weighted by atomic mass is 32.3. The summed E-state index contributed by atoms with van der Waals surface area (Å²) in [6.07, 6.45) is 17.5. The van der Waals surface area contributed by atoms with Gasteiger partial charge in [0.05, 0.1) is 6.61 Å². The lowest BCUT2D eigenvalue weighted by Crippen LogP contribution is -2.16. The van der Waals surface area contributed by atoms with Crippen LogP contribution in [-0.4, -0.2) is 32.2 Å². The molecule has 0 aliphatic rings. The molecule has 6 nitrogen and oxygen atoms in total. The molecule has 0 bridgehead atoms. The van der Waals surface area contributed by atoms with Crippen LogP contribution in [0.15, 0.2) is 0 Å². The summed E-state index contributed by atoms with van der Waals surface area (Å²) < 4.78 is 37.6. The van der Waals surface area contributed by atoms with Crippen LogP contribution in [0.4, 0.5) is 0 Å². The molecule has 0 aromatic rings. The van der Waals surface area contributed by atoms with Crippen LogP contribution in [0, 0.1) is 0 Å². The first-order valence-corrected chi connectivity index (χ1v) is 11.1. The molecule has 25 heavy (non-hydrogen) atoms. The Balaban J connectivity index is 3.17. The minimum atomic E-state index is -4.58. The second-order valence-electron chi connectivity index (χ2n) is 6.51. The van der Waals surface area contributed by atoms with Crippen LogP contribution >= 0.6 is 0 Å². The Morgan fingerprint density at radius 1 is 0.760 bits per heavy atom. The monoisotopic (exact) mass is 380 g/mol. The van der Waals surface area contributed by atoms with E-state index in [1.807, 2.05) is 0 Å². The van der Waals surface area contributed by atoms with E-state index in [2.05, 4.69) is 11.1 Å². The average molecular weight is 381 g/mol. The van der Waals surface area contributed by atoms with Gasteiger partial charge in [-0.2, -0.15) is 8.42 Å². The molecule has 150 valence electrons. The molecule has 0 aliphatic carbocycles. The standard InChI is InChI=1S/C18H36O6S/c1-2-3-4-5-6-7-8-9-10-11-12-13-14-15-16-23-18(19)17-24-25(20,21)22/h2-17H2,1H3,(H,20,21,22). The Kier molecular flexibility index (Phi) is 16.3. The van der Waals surface area contributed by atoms with Gasteiger partial charge in [0, 0.05) is 0 Å². The van der Waals surface area contributed by atoms with Crippen molar-refractivity contribution in [1.82, 2.24) is 0 Å². The van der Waals surface area contributed by atoms with Crippen molar-refractivity contribution in [3.63, 3.8) is 0 Å². The van der Waals surface area contributed by atoms with Crippen molar-refractivity contribution < 1.29 is 26.7 Å². The number of esters is 1. The second-order valence-corrected chi connectivity index (χ2v) is 7.60. The summed E-state index contributed by atoms with van der Waals surface area (Å²) in [4.78, 5) is 11.1. The Morgan fingerprint density at radius 2 is 1.16 bits per heavy atom. The third-order valence-corrected chi connectivity index (χ3v) is 4.50. The van der Waals surface area contributed by atoms with Crippen LogP contribution in [0.1, 0.15) is 96.8 Å². The Labute approximate surface area is 153 Å². The molecule has 0 fully saturated rings. The lowest BCUT2D eigenvalue weighted by Gasteiger charge is -2.05. The van der Waals surface area contributed by atoms with E-state index in [9.17, 15) is 13.2 Å². The Hall–Kier alpha value is -0.660. The van der Waals surface area contributed by atoms with Crippen molar-refractivity contribution in [3.05, 3.63) is 0 Å². The van der Waals surface area contributed by atoms with Gasteiger partial charge in [0.15, 0.2) is 6.61 Å². The summed E-state index contributed by atoms with van der Waals surface area (Å²) >= 11 is 0. The second kappa shape index (κ2) is 16.8. The zero-order valence-electron chi connectivity index (χ0n) is 15.7. The third-order valence-electron chi connectivity index (χ3n) is 4.09. The highest BCUT2D eigenvalue weighted by molar-refractivity contribution is 7.80. The minimum Gasteiger partial charge on any atom is -0.464 e. The first-order valence-electron chi connectivity index (χ1n) is 9.73. The fourth-order valence-corrected chi connectivity index (χ4v) is 2.89. The predicted molar refractivity (Wildman–Crippen MR) is 98.8 cm³/mol. The smallest absolute Gasteiger partial charge is 0.397 e. The summed E-state index contributed by atoms with van der Waals surface area (Å²) in [5.74, 6) is -0.785. The first kappa shape index (κ1) is 24.3. The fourth-order valence-electron chi connectivity index (χ4n) is 2.65. The molecular weight excluding hydrogens is 344 g/mol. The molecule has 0 amide bonds. The summed E-state index contributed by atoms with van der Waals surface area (Å²) in [6, 6.07) is 0. The SMILES string of the molecule is CCCCCCCCCCCCCCCCOC(=O)COS(=O)(=O)O. The molecule has 0 saturated carbocycles. The average Bonchev–Trinajstić information content (AvgIpc) is 2.56. The maximum absolute atomic E-state index is 11.1. The molecule has 0 saturated heterocycles. The van der Waals surface area contributed by atoms with Gasteiger partial charge in [-0.05, 0) is 6.42 Å². The number of unbranched alkanes of at least 4 members (excludes halogenated alkanes) is 13. The molecule has 0 rings (SSSR count). The summed E-state index contributed by atoms with van der Waals surface area (Å²) in [7, 11) is -4.58. The van der Waals surface area contributed by atoms with E-state index in [1.165, 1.54) is 70.6 Å². The molecule has 1 N–H and O–H groups in total. The highest BCUT2D eigenvalue weighted by Gasteiger charge is 2.10. The lowest BCUT2D eigenvalue weighted by atomic mass is 10.0. The van der Waals surface area contributed by atoms with Crippen LogP contribution in [0.2, 0.25) is 0 Å². The van der Waals surface area contributed by atoms with Crippen LogP contribution in [-0.2, 0) is 24.1 Å². The number of carbonyl (C=O) groups is 1. The van der Waals surface area contributed by atoms with Crippen molar-refractivity contribution in [1.29, 1.82) is 0 Å². The number of carbonyl (C=O) groups excluding carboxylic acids is 1. The molecule has 0 aliphatic heterocycles. The van der Waals surface area contributed by atoms with Gasteiger partial charge in [-0.15, -0.1) is 0 Å². The molecule has 0 aromatic carbocycles. The number of rotatable bonds is 18. The quantitative estimate of drug-likeness (QED) is 0.208. The van der Waals surface area contributed by atoms with E-state index >= 15 is 0 Å². The van der Waals surface area contributed by atoms with Gasteiger partial charge in [0.1, 0.15) is 0 Å². The van der Waals surface area contributed by atoms with Gasteiger partial charge in [-0.1, -0.05) is 90.4 Å². The lowest BCUT2D eigenvalue weighted by molar-refractivity contribution is -0.146. The molecule has 0 heterocycles. The molecule has 0 unspecified atom stereocenters. The van der Waals surface area contributed by atoms with Gasteiger partial charge < -0.3 is 4.74 Å². The van der Waals surface area contributed by atoms with Crippen molar-refractivity contribution in [2.75, 3.05) is 13.2 Å². The molecule has 0 aromatic heterocycles. The highest BCUT2D eigenvalue weighted by Crippen LogP contribution is 2.12. The Bertz CT molecular complexity index is 408. The van der Waals surface area contributed by atoms with Crippen LogP contribution in [0.5, 0.6) is 0 Å². The molecule has 0 radical (unpaired) electrons. The van der Waals surface area contributed by atoms with Crippen LogP contribution < -0.4 is 0 Å². The van der Waals surface area contributed by atoms with E-state index in [-0.39, 0.29) is 6.61 Å². The largest absolute Gasteiger partial charge is 0.464 e. The van der Waals surface area contributed by atoms with Gasteiger partial charge in [0.25, 0.3) is 0 Å². The maximum Gasteiger partial charge on any atom is 0.397 e. The van der Waals surface area contributed by atoms with Crippen LogP contribution in [0.3, 0.4) is 0 Å².